The molecule has 0 saturated carbocycles. The maximum Gasteiger partial charge on any atom is 0.306 e. The number of carbonyl (C=O) groups is 1. The van der Waals surface area contributed by atoms with Crippen molar-refractivity contribution in [3.63, 3.8) is 0 Å². The number of aliphatic hydroxyl groups excluding tert-OH is 1. The molecule has 1 atom stereocenters. The first-order valence-corrected chi connectivity index (χ1v) is 5.67. The Morgan fingerprint density at radius 2 is 1.89 bits per heavy atom. The van der Waals surface area contributed by atoms with Crippen LogP contribution < -0.4 is 4.74 Å². The molecule has 0 aliphatic carbocycles. The molecule has 1 unspecified atom stereocenters. The minimum Gasteiger partial charge on any atom is -0.490 e. The predicted octanol–water partition coefficient (Wildman–Crippen LogP) is 2.05. The highest BCUT2D eigenvalue weighted by molar-refractivity contribution is 5.88. The fourth-order valence-electron chi connectivity index (χ4n) is 1.77. The van der Waals surface area contributed by atoms with Gasteiger partial charge in [0, 0.05) is 5.39 Å². The topological polar surface area (TPSA) is 66.8 Å². The molecule has 0 fully saturated rings. The molecule has 0 saturated heterocycles. The minimum absolute atomic E-state index is 0.0275. The number of hydrogen-bond acceptors (Lipinski definition) is 3. The molecule has 0 aliphatic heterocycles. The van der Waals surface area contributed by atoms with Crippen LogP contribution in [0.3, 0.4) is 0 Å². The van der Waals surface area contributed by atoms with Crippen molar-refractivity contribution in [1.82, 2.24) is 0 Å². The van der Waals surface area contributed by atoms with Gasteiger partial charge in [-0.15, -0.1) is 0 Å². The summed E-state index contributed by atoms with van der Waals surface area (Å²) in [5.41, 5.74) is 0. The van der Waals surface area contributed by atoms with E-state index in [1.54, 1.807) is 6.07 Å². The average Bonchev–Trinajstić information content (AvgIpc) is 2.35. The molecule has 0 radical (unpaired) electrons. The molecule has 2 aromatic carbocycles. The van der Waals surface area contributed by atoms with E-state index >= 15 is 0 Å². The largest absolute Gasteiger partial charge is 0.490 e. The van der Waals surface area contributed by atoms with Gasteiger partial charge in [0.05, 0.1) is 12.5 Å². The van der Waals surface area contributed by atoms with Crippen molar-refractivity contribution in [1.29, 1.82) is 0 Å². The van der Waals surface area contributed by atoms with E-state index in [9.17, 15) is 9.90 Å². The summed E-state index contributed by atoms with van der Waals surface area (Å²) in [4.78, 5) is 10.4. The zero-order chi connectivity index (χ0) is 13.0. The third kappa shape index (κ3) is 2.99. The molecule has 0 aliphatic rings. The molecular weight excluding hydrogens is 232 g/mol. The zero-order valence-corrected chi connectivity index (χ0v) is 9.74. The molecular formula is C14H14O4. The SMILES string of the molecule is O=C(O)CC(O)COc1cccc2ccccc12. The van der Waals surface area contributed by atoms with Crippen LogP contribution in [0.1, 0.15) is 6.42 Å². The smallest absolute Gasteiger partial charge is 0.306 e. The summed E-state index contributed by atoms with van der Waals surface area (Å²) in [6.45, 7) is -0.0275. The molecule has 0 amide bonds. The molecule has 0 heterocycles. The van der Waals surface area contributed by atoms with E-state index in [4.69, 9.17) is 9.84 Å². The van der Waals surface area contributed by atoms with Gasteiger partial charge in [-0.2, -0.15) is 0 Å². The third-order valence-corrected chi connectivity index (χ3v) is 2.59. The zero-order valence-electron chi connectivity index (χ0n) is 9.74. The van der Waals surface area contributed by atoms with E-state index in [0.29, 0.717) is 5.75 Å². The standard InChI is InChI=1S/C14H14O4/c15-11(8-14(16)17)9-18-13-7-3-5-10-4-1-2-6-12(10)13/h1-7,11,15H,8-9H2,(H,16,17). The number of carboxylic acids is 1. The summed E-state index contributed by atoms with van der Waals surface area (Å²) < 4.78 is 5.47. The predicted molar refractivity (Wildman–Crippen MR) is 67.7 cm³/mol. The Morgan fingerprint density at radius 3 is 2.67 bits per heavy atom. The monoisotopic (exact) mass is 246 g/mol. The molecule has 2 N–H and O–H groups in total. The second kappa shape index (κ2) is 5.51. The summed E-state index contributed by atoms with van der Waals surface area (Å²) in [7, 11) is 0. The Kier molecular flexibility index (Phi) is 3.79. The second-order valence-corrected chi connectivity index (χ2v) is 4.04. The fraction of sp³-hybridized carbons (Fsp3) is 0.214. The number of benzene rings is 2. The molecule has 94 valence electrons. The van der Waals surface area contributed by atoms with Gasteiger partial charge in [-0.1, -0.05) is 36.4 Å². The van der Waals surface area contributed by atoms with Gasteiger partial charge >= 0.3 is 5.97 Å². The van der Waals surface area contributed by atoms with Crippen molar-refractivity contribution >= 4 is 16.7 Å². The highest BCUT2D eigenvalue weighted by Gasteiger charge is 2.11. The van der Waals surface area contributed by atoms with Gasteiger partial charge in [0.2, 0.25) is 0 Å². The Bertz CT molecular complexity index is 545. The van der Waals surface area contributed by atoms with Crippen molar-refractivity contribution in [2.24, 2.45) is 0 Å². The van der Waals surface area contributed by atoms with Crippen LogP contribution in [0.15, 0.2) is 42.5 Å². The van der Waals surface area contributed by atoms with Crippen LogP contribution >= 0.6 is 0 Å². The summed E-state index contributed by atoms with van der Waals surface area (Å²) in [6, 6.07) is 13.4. The first kappa shape index (κ1) is 12.4. The van der Waals surface area contributed by atoms with E-state index in [1.165, 1.54) is 0 Å². The van der Waals surface area contributed by atoms with E-state index in [1.807, 2.05) is 36.4 Å². The molecule has 18 heavy (non-hydrogen) atoms. The van der Waals surface area contributed by atoms with Crippen LogP contribution in [0.25, 0.3) is 10.8 Å². The normalized spacial score (nSPS) is 12.3. The van der Waals surface area contributed by atoms with Crippen LogP contribution in [0.5, 0.6) is 5.75 Å². The Hall–Kier alpha value is -2.07. The molecule has 0 bridgehead atoms. The molecule has 2 aromatic rings. The summed E-state index contributed by atoms with van der Waals surface area (Å²) in [5, 5.41) is 20.0. The third-order valence-electron chi connectivity index (χ3n) is 2.59. The van der Waals surface area contributed by atoms with Gasteiger partial charge in [0.1, 0.15) is 12.4 Å². The van der Waals surface area contributed by atoms with Crippen LogP contribution in [0.4, 0.5) is 0 Å². The van der Waals surface area contributed by atoms with E-state index in [0.717, 1.165) is 10.8 Å². The van der Waals surface area contributed by atoms with Crippen LogP contribution in [0, 0.1) is 0 Å². The summed E-state index contributed by atoms with van der Waals surface area (Å²) >= 11 is 0. The Balaban J connectivity index is 2.10. The Morgan fingerprint density at radius 1 is 1.17 bits per heavy atom. The van der Waals surface area contributed by atoms with E-state index in [-0.39, 0.29) is 13.0 Å². The Labute approximate surface area is 104 Å². The number of aliphatic carboxylic acids is 1. The lowest BCUT2D eigenvalue weighted by atomic mass is 10.1. The highest BCUT2D eigenvalue weighted by Crippen LogP contribution is 2.25. The van der Waals surface area contributed by atoms with Gasteiger partial charge < -0.3 is 14.9 Å². The lowest BCUT2D eigenvalue weighted by molar-refractivity contribution is -0.139. The van der Waals surface area contributed by atoms with Gasteiger partial charge in [0.25, 0.3) is 0 Å². The van der Waals surface area contributed by atoms with Gasteiger partial charge in [-0.25, -0.2) is 0 Å². The van der Waals surface area contributed by atoms with Crippen molar-refractivity contribution in [2.75, 3.05) is 6.61 Å². The number of carboxylic acid groups (broad SMARTS) is 1. The summed E-state index contributed by atoms with van der Waals surface area (Å²) in [5.74, 6) is -0.387. The lowest BCUT2D eigenvalue weighted by Gasteiger charge is -2.12. The maximum absolute atomic E-state index is 10.4. The maximum atomic E-state index is 10.4. The highest BCUT2D eigenvalue weighted by atomic mass is 16.5. The first-order valence-electron chi connectivity index (χ1n) is 5.67. The fourth-order valence-corrected chi connectivity index (χ4v) is 1.77. The second-order valence-electron chi connectivity index (χ2n) is 4.04. The van der Waals surface area contributed by atoms with Crippen molar-refractivity contribution in [3.8, 4) is 5.75 Å². The van der Waals surface area contributed by atoms with Crippen LogP contribution in [-0.4, -0.2) is 28.9 Å². The number of rotatable bonds is 5. The van der Waals surface area contributed by atoms with Gasteiger partial charge in [-0.05, 0) is 11.5 Å². The van der Waals surface area contributed by atoms with E-state index < -0.39 is 12.1 Å². The first-order chi connectivity index (χ1) is 8.66. The molecule has 4 nitrogen and oxygen atoms in total. The quantitative estimate of drug-likeness (QED) is 0.847. The lowest BCUT2D eigenvalue weighted by Crippen LogP contribution is -2.21. The molecule has 0 aromatic heterocycles. The number of hydrogen-bond donors (Lipinski definition) is 2. The van der Waals surface area contributed by atoms with Crippen molar-refractivity contribution in [2.45, 2.75) is 12.5 Å². The van der Waals surface area contributed by atoms with Crippen LogP contribution in [0.2, 0.25) is 0 Å². The number of fused-ring (bicyclic) bond motifs is 1. The molecule has 4 heteroatoms. The molecule has 0 spiro atoms. The summed E-state index contributed by atoms with van der Waals surface area (Å²) in [6.07, 6.45) is -1.31. The van der Waals surface area contributed by atoms with Crippen molar-refractivity contribution < 1.29 is 19.7 Å². The number of aliphatic hydroxyl groups is 1. The average molecular weight is 246 g/mol. The van der Waals surface area contributed by atoms with Crippen molar-refractivity contribution in [3.05, 3.63) is 42.5 Å². The van der Waals surface area contributed by atoms with Gasteiger partial charge in [-0.3, -0.25) is 4.79 Å². The van der Waals surface area contributed by atoms with Crippen LogP contribution in [-0.2, 0) is 4.79 Å². The van der Waals surface area contributed by atoms with Gasteiger partial charge in [0.15, 0.2) is 0 Å². The number of ether oxygens (including phenoxy) is 1. The van der Waals surface area contributed by atoms with E-state index in [2.05, 4.69) is 0 Å². The molecule has 2 rings (SSSR count). The minimum atomic E-state index is -1.04.